The zero-order chi connectivity index (χ0) is 20.8. The molecule has 0 saturated carbocycles. The Labute approximate surface area is 163 Å². The van der Waals surface area contributed by atoms with Crippen LogP contribution in [-0.2, 0) is 9.53 Å². The van der Waals surface area contributed by atoms with E-state index in [1.807, 2.05) is 0 Å². The summed E-state index contributed by atoms with van der Waals surface area (Å²) in [5.41, 5.74) is 0.617. The van der Waals surface area contributed by atoms with Crippen LogP contribution >= 0.6 is 0 Å². The van der Waals surface area contributed by atoms with E-state index >= 15 is 0 Å². The summed E-state index contributed by atoms with van der Waals surface area (Å²) in [4.78, 5) is 27.5. The van der Waals surface area contributed by atoms with Crippen LogP contribution in [0.3, 0.4) is 0 Å². The maximum atomic E-state index is 12.6. The molecule has 8 heteroatoms. The van der Waals surface area contributed by atoms with E-state index in [2.05, 4.69) is 4.98 Å². The summed E-state index contributed by atoms with van der Waals surface area (Å²) in [5, 5.41) is 10.4. The van der Waals surface area contributed by atoms with Gasteiger partial charge in [0.25, 0.3) is 5.56 Å². The quantitative estimate of drug-likeness (QED) is 0.666. The molecule has 0 unspecified atom stereocenters. The van der Waals surface area contributed by atoms with Gasteiger partial charge >= 0.3 is 5.97 Å². The Kier molecular flexibility index (Phi) is 6.92. The van der Waals surface area contributed by atoms with Gasteiger partial charge in [0.1, 0.15) is 5.75 Å². The van der Waals surface area contributed by atoms with Gasteiger partial charge in [0.15, 0.2) is 11.5 Å². The van der Waals surface area contributed by atoms with Crippen molar-refractivity contribution in [1.82, 2.24) is 4.98 Å². The Morgan fingerprint density at radius 2 is 1.71 bits per heavy atom. The van der Waals surface area contributed by atoms with E-state index in [4.69, 9.17) is 18.9 Å². The number of esters is 1. The number of rotatable bonds is 8. The first-order valence-electron chi connectivity index (χ1n) is 8.74. The van der Waals surface area contributed by atoms with Gasteiger partial charge in [-0.25, -0.2) is 0 Å². The molecule has 0 aliphatic rings. The highest BCUT2D eigenvalue weighted by atomic mass is 16.5. The molecule has 0 aliphatic carbocycles. The van der Waals surface area contributed by atoms with E-state index in [0.29, 0.717) is 28.5 Å². The fourth-order valence-electron chi connectivity index (χ4n) is 3.09. The van der Waals surface area contributed by atoms with E-state index in [9.17, 15) is 14.7 Å². The van der Waals surface area contributed by atoms with Crippen LogP contribution in [0, 0.1) is 6.92 Å². The number of methoxy groups -OCH3 is 3. The predicted octanol–water partition coefficient (Wildman–Crippen LogP) is 2.50. The SMILES string of the molecule is CCOC(=O)C[C@@H](c1cc(OC)c(OC)c(OC)c1)c1c(O)cc(C)[nH]c1=O. The van der Waals surface area contributed by atoms with Crippen molar-refractivity contribution in [3.63, 3.8) is 0 Å². The fourth-order valence-corrected chi connectivity index (χ4v) is 3.09. The Morgan fingerprint density at radius 3 is 2.18 bits per heavy atom. The molecule has 28 heavy (non-hydrogen) atoms. The Balaban J connectivity index is 2.70. The van der Waals surface area contributed by atoms with Crippen LogP contribution in [0.1, 0.15) is 36.1 Å². The summed E-state index contributed by atoms with van der Waals surface area (Å²) in [6.07, 6.45) is -0.147. The highest BCUT2D eigenvalue weighted by molar-refractivity contribution is 5.72. The highest BCUT2D eigenvalue weighted by Crippen LogP contribution is 2.42. The van der Waals surface area contributed by atoms with Gasteiger partial charge in [-0.2, -0.15) is 0 Å². The van der Waals surface area contributed by atoms with E-state index in [0.717, 1.165) is 0 Å². The number of benzene rings is 1. The van der Waals surface area contributed by atoms with Crippen LogP contribution in [-0.4, -0.2) is 44.0 Å². The van der Waals surface area contributed by atoms with Crippen molar-refractivity contribution in [2.24, 2.45) is 0 Å². The highest BCUT2D eigenvalue weighted by Gasteiger charge is 2.27. The zero-order valence-corrected chi connectivity index (χ0v) is 16.6. The van der Waals surface area contributed by atoms with Gasteiger partial charge in [0.2, 0.25) is 5.75 Å². The number of aromatic nitrogens is 1. The van der Waals surface area contributed by atoms with Gasteiger partial charge in [-0.3, -0.25) is 9.59 Å². The number of pyridine rings is 1. The summed E-state index contributed by atoms with van der Waals surface area (Å²) < 4.78 is 21.1. The predicted molar refractivity (Wildman–Crippen MR) is 103 cm³/mol. The maximum Gasteiger partial charge on any atom is 0.306 e. The minimum Gasteiger partial charge on any atom is -0.507 e. The molecule has 0 aliphatic heterocycles. The molecule has 1 aromatic heterocycles. The first-order chi connectivity index (χ1) is 13.4. The molecule has 152 valence electrons. The lowest BCUT2D eigenvalue weighted by Crippen LogP contribution is -2.21. The van der Waals surface area contributed by atoms with Gasteiger partial charge in [0.05, 0.1) is 39.9 Å². The average Bonchev–Trinajstić information content (AvgIpc) is 2.65. The number of hydrogen-bond donors (Lipinski definition) is 2. The minimum absolute atomic E-state index is 0.0629. The molecule has 1 heterocycles. The van der Waals surface area contributed by atoms with Gasteiger partial charge in [-0.1, -0.05) is 0 Å². The molecular formula is C20H25NO7. The van der Waals surface area contributed by atoms with Gasteiger partial charge in [-0.05, 0) is 37.6 Å². The maximum absolute atomic E-state index is 12.6. The standard InChI is InChI=1S/C20H25NO7/c1-6-28-17(23)10-13(18-14(22)7-11(2)21-20(18)24)12-8-15(25-3)19(27-5)16(9-12)26-4/h7-9,13H,6,10H2,1-5H3,(H2,21,22,24)/t13-/m0/s1. The van der Waals surface area contributed by atoms with Gasteiger partial charge < -0.3 is 29.0 Å². The molecule has 0 saturated heterocycles. The number of nitrogens with one attached hydrogen (secondary N) is 1. The van der Waals surface area contributed by atoms with Gasteiger partial charge in [0, 0.05) is 11.6 Å². The largest absolute Gasteiger partial charge is 0.507 e. The summed E-state index contributed by atoms with van der Waals surface area (Å²) >= 11 is 0. The van der Waals surface area contributed by atoms with E-state index in [1.54, 1.807) is 26.0 Å². The molecular weight excluding hydrogens is 366 g/mol. The third-order valence-electron chi connectivity index (χ3n) is 4.30. The van der Waals surface area contributed by atoms with Crippen molar-refractivity contribution >= 4 is 5.97 Å². The van der Waals surface area contributed by atoms with Crippen molar-refractivity contribution in [2.75, 3.05) is 27.9 Å². The molecule has 0 fully saturated rings. The number of carbonyl (C=O) groups is 1. The molecule has 2 aromatic rings. The number of aryl methyl sites for hydroxylation is 1. The molecule has 2 N–H and O–H groups in total. The van der Waals surface area contributed by atoms with Crippen LogP contribution in [0.25, 0.3) is 0 Å². The van der Waals surface area contributed by atoms with Crippen LogP contribution in [0.15, 0.2) is 23.0 Å². The smallest absolute Gasteiger partial charge is 0.306 e. The van der Waals surface area contributed by atoms with Crippen LogP contribution < -0.4 is 19.8 Å². The van der Waals surface area contributed by atoms with Crippen molar-refractivity contribution in [1.29, 1.82) is 0 Å². The first-order valence-corrected chi connectivity index (χ1v) is 8.74. The molecule has 0 amide bonds. The number of ether oxygens (including phenoxy) is 4. The van der Waals surface area contributed by atoms with E-state index < -0.39 is 17.4 Å². The summed E-state index contributed by atoms with van der Waals surface area (Å²) in [5.74, 6) is -0.366. The summed E-state index contributed by atoms with van der Waals surface area (Å²) in [6.45, 7) is 3.56. The van der Waals surface area contributed by atoms with Crippen molar-refractivity contribution in [2.45, 2.75) is 26.2 Å². The number of hydrogen-bond acceptors (Lipinski definition) is 7. The second kappa shape index (κ2) is 9.16. The number of aromatic hydroxyl groups is 1. The van der Waals surface area contributed by atoms with Crippen molar-refractivity contribution < 1.29 is 28.8 Å². The molecule has 8 nitrogen and oxygen atoms in total. The molecule has 0 spiro atoms. The molecule has 0 bridgehead atoms. The third-order valence-corrected chi connectivity index (χ3v) is 4.30. The Hall–Kier alpha value is -3.16. The lowest BCUT2D eigenvalue weighted by atomic mass is 9.88. The Morgan fingerprint density at radius 1 is 1.11 bits per heavy atom. The monoisotopic (exact) mass is 391 g/mol. The second-order valence-corrected chi connectivity index (χ2v) is 6.10. The lowest BCUT2D eigenvalue weighted by molar-refractivity contribution is -0.143. The average molecular weight is 391 g/mol. The number of aromatic amines is 1. The molecule has 2 rings (SSSR count). The Bertz CT molecular complexity index is 879. The summed E-state index contributed by atoms with van der Waals surface area (Å²) in [7, 11) is 4.42. The van der Waals surface area contributed by atoms with Crippen LogP contribution in [0.5, 0.6) is 23.0 Å². The van der Waals surface area contributed by atoms with Gasteiger partial charge in [-0.15, -0.1) is 0 Å². The topological polar surface area (TPSA) is 107 Å². The second-order valence-electron chi connectivity index (χ2n) is 6.10. The van der Waals surface area contributed by atoms with Crippen LogP contribution in [0.4, 0.5) is 0 Å². The van der Waals surface area contributed by atoms with Crippen molar-refractivity contribution in [3.05, 3.63) is 45.4 Å². The minimum atomic E-state index is -0.780. The normalized spacial score (nSPS) is 11.6. The summed E-state index contributed by atoms with van der Waals surface area (Å²) in [6, 6.07) is 4.72. The molecule has 0 radical (unpaired) electrons. The van der Waals surface area contributed by atoms with E-state index in [1.165, 1.54) is 27.4 Å². The third kappa shape index (κ3) is 4.39. The fraction of sp³-hybridized carbons (Fsp3) is 0.400. The lowest BCUT2D eigenvalue weighted by Gasteiger charge is -2.21. The zero-order valence-electron chi connectivity index (χ0n) is 16.6. The van der Waals surface area contributed by atoms with Crippen LogP contribution in [0.2, 0.25) is 0 Å². The first kappa shape index (κ1) is 21.1. The molecule has 1 aromatic carbocycles. The van der Waals surface area contributed by atoms with E-state index in [-0.39, 0.29) is 24.3 Å². The molecule has 1 atom stereocenters. The number of carbonyl (C=O) groups excluding carboxylic acids is 1. The van der Waals surface area contributed by atoms with Crippen molar-refractivity contribution in [3.8, 4) is 23.0 Å². The number of H-pyrrole nitrogens is 1.